The minimum absolute atomic E-state index is 0.0536. The summed E-state index contributed by atoms with van der Waals surface area (Å²) in [5.74, 6) is -0.583. The van der Waals surface area contributed by atoms with Gasteiger partial charge in [0.05, 0.1) is 18.2 Å². The third kappa shape index (κ3) is 7.43. The quantitative estimate of drug-likeness (QED) is 0.383. The van der Waals surface area contributed by atoms with E-state index in [1.165, 1.54) is 30.0 Å². The summed E-state index contributed by atoms with van der Waals surface area (Å²) < 4.78 is 44.1. The predicted molar refractivity (Wildman–Crippen MR) is 126 cm³/mol. The number of rotatable bonds is 9. The zero-order valence-electron chi connectivity index (χ0n) is 18.2. The van der Waals surface area contributed by atoms with E-state index in [-0.39, 0.29) is 5.69 Å². The lowest BCUT2D eigenvalue weighted by Crippen LogP contribution is -2.39. The highest BCUT2D eigenvalue weighted by atomic mass is 32.2. The molecule has 1 amide bonds. The second-order valence-corrected chi connectivity index (χ2v) is 9.29. The highest BCUT2D eigenvalue weighted by Gasteiger charge is 2.21. The number of aryl methyl sites for hydroxylation is 1. The van der Waals surface area contributed by atoms with Crippen LogP contribution in [0.2, 0.25) is 0 Å². The van der Waals surface area contributed by atoms with Gasteiger partial charge >= 0.3 is 0 Å². The minimum atomic E-state index is -3.80. The highest BCUT2D eigenvalue weighted by Crippen LogP contribution is 2.18. The van der Waals surface area contributed by atoms with E-state index < -0.39 is 28.3 Å². The van der Waals surface area contributed by atoms with Gasteiger partial charge in [-0.2, -0.15) is 5.10 Å². The molecular formula is C24H24FN3O4S. The van der Waals surface area contributed by atoms with Crippen LogP contribution >= 0.6 is 0 Å². The Kier molecular flexibility index (Phi) is 7.78. The first-order valence-electron chi connectivity index (χ1n) is 10.0. The Morgan fingerprint density at radius 3 is 2.42 bits per heavy atom. The fraction of sp³-hybridized carbons (Fsp3) is 0.167. The molecule has 0 saturated carbocycles. The molecule has 0 bridgehead atoms. The van der Waals surface area contributed by atoms with E-state index in [9.17, 15) is 17.6 Å². The van der Waals surface area contributed by atoms with Gasteiger partial charge in [0.25, 0.3) is 5.91 Å². The number of carbonyl (C=O) groups is 1. The van der Waals surface area contributed by atoms with Gasteiger partial charge in [0, 0.05) is 0 Å². The highest BCUT2D eigenvalue weighted by molar-refractivity contribution is 7.92. The first-order valence-corrected chi connectivity index (χ1v) is 11.9. The van der Waals surface area contributed by atoms with Gasteiger partial charge in [-0.3, -0.25) is 9.10 Å². The summed E-state index contributed by atoms with van der Waals surface area (Å²) in [7, 11) is -3.80. The number of carbonyl (C=O) groups excluding carboxylic acids is 1. The van der Waals surface area contributed by atoms with Gasteiger partial charge in [-0.05, 0) is 60.5 Å². The molecule has 0 unspecified atom stereocenters. The van der Waals surface area contributed by atoms with Crippen LogP contribution in [0.4, 0.5) is 10.1 Å². The standard InChI is InChI=1S/C24H24FN3O4S/c1-18-6-8-20(9-7-18)17-32-23-12-10-19(11-13-23)15-26-27-24(29)16-28(33(2,30)31)22-5-3-4-21(25)14-22/h3-15H,16-17H2,1-2H3,(H,27,29)/b26-15-. The minimum Gasteiger partial charge on any atom is -0.489 e. The average Bonchev–Trinajstić information content (AvgIpc) is 2.77. The fourth-order valence-corrected chi connectivity index (χ4v) is 3.73. The number of ether oxygens (including phenoxy) is 1. The Hall–Kier alpha value is -3.72. The molecule has 0 saturated heterocycles. The van der Waals surface area contributed by atoms with E-state index in [0.29, 0.717) is 17.9 Å². The molecule has 0 aliphatic carbocycles. The van der Waals surface area contributed by atoms with Gasteiger partial charge in [-0.1, -0.05) is 35.9 Å². The van der Waals surface area contributed by atoms with E-state index in [1.54, 1.807) is 24.3 Å². The average molecular weight is 470 g/mol. The molecule has 172 valence electrons. The maximum absolute atomic E-state index is 13.5. The third-order valence-corrected chi connectivity index (χ3v) is 5.73. The SMILES string of the molecule is Cc1ccc(COc2ccc(/C=N\NC(=O)CN(c3cccc(F)c3)S(C)(=O)=O)cc2)cc1. The smallest absolute Gasteiger partial charge is 0.260 e. The molecular weight excluding hydrogens is 445 g/mol. The number of nitrogens with one attached hydrogen (secondary N) is 1. The van der Waals surface area contributed by atoms with Crippen molar-refractivity contribution in [1.29, 1.82) is 0 Å². The predicted octanol–water partition coefficient (Wildman–Crippen LogP) is 3.63. The fourth-order valence-electron chi connectivity index (χ4n) is 2.88. The lowest BCUT2D eigenvalue weighted by atomic mass is 10.2. The summed E-state index contributed by atoms with van der Waals surface area (Å²) in [5, 5.41) is 3.86. The van der Waals surface area contributed by atoms with Crippen LogP contribution in [0.15, 0.2) is 77.9 Å². The summed E-state index contributed by atoms with van der Waals surface area (Å²) in [6.45, 7) is 1.94. The van der Waals surface area contributed by atoms with E-state index in [1.807, 2.05) is 31.2 Å². The zero-order valence-corrected chi connectivity index (χ0v) is 19.0. The normalized spacial score (nSPS) is 11.4. The summed E-state index contributed by atoms with van der Waals surface area (Å²) >= 11 is 0. The maximum atomic E-state index is 13.5. The monoisotopic (exact) mass is 469 g/mol. The number of amides is 1. The number of benzene rings is 3. The summed E-state index contributed by atoms with van der Waals surface area (Å²) in [6.07, 6.45) is 2.37. The van der Waals surface area contributed by atoms with E-state index in [2.05, 4.69) is 10.5 Å². The number of halogens is 1. The first-order chi connectivity index (χ1) is 15.7. The molecule has 3 aromatic carbocycles. The lowest BCUT2D eigenvalue weighted by Gasteiger charge is -2.21. The molecule has 0 radical (unpaired) electrons. The molecule has 7 nitrogen and oxygen atoms in total. The Labute approximate surface area is 192 Å². The molecule has 0 heterocycles. The Morgan fingerprint density at radius 2 is 1.79 bits per heavy atom. The van der Waals surface area contributed by atoms with Crippen molar-refractivity contribution >= 4 is 27.8 Å². The van der Waals surface area contributed by atoms with Crippen molar-refractivity contribution in [2.24, 2.45) is 5.10 Å². The molecule has 0 atom stereocenters. The maximum Gasteiger partial charge on any atom is 0.260 e. The summed E-state index contributed by atoms with van der Waals surface area (Å²) in [4.78, 5) is 12.2. The van der Waals surface area contributed by atoms with Gasteiger partial charge in [0.1, 0.15) is 24.7 Å². The van der Waals surface area contributed by atoms with Crippen LogP contribution in [0, 0.1) is 12.7 Å². The van der Waals surface area contributed by atoms with Crippen molar-refractivity contribution in [3.05, 3.63) is 95.3 Å². The number of hydrazone groups is 1. The van der Waals surface area contributed by atoms with Gasteiger partial charge in [-0.25, -0.2) is 18.2 Å². The molecule has 1 N–H and O–H groups in total. The number of hydrogen-bond acceptors (Lipinski definition) is 5. The van der Waals surface area contributed by atoms with Crippen LogP contribution < -0.4 is 14.5 Å². The van der Waals surface area contributed by atoms with Crippen molar-refractivity contribution in [3.63, 3.8) is 0 Å². The summed E-state index contributed by atoms with van der Waals surface area (Å²) in [5.41, 5.74) is 5.30. The van der Waals surface area contributed by atoms with Gasteiger partial charge in [0.2, 0.25) is 10.0 Å². The van der Waals surface area contributed by atoms with Crippen molar-refractivity contribution in [3.8, 4) is 5.75 Å². The van der Waals surface area contributed by atoms with Crippen molar-refractivity contribution in [2.45, 2.75) is 13.5 Å². The first kappa shape index (κ1) is 23.9. The van der Waals surface area contributed by atoms with E-state index in [4.69, 9.17) is 4.74 Å². The Bertz CT molecular complexity index is 1230. The number of sulfonamides is 1. The van der Waals surface area contributed by atoms with Gasteiger partial charge < -0.3 is 4.74 Å². The molecule has 0 aliphatic heterocycles. The van der Waals surface area contributed by atoms with Crippen molar-refractivity contribution in [2.75, 3.05) is 17.1 Å². The van der Waals surface area contributed by atoms with Crippen LogP contribution in [0.25, 0.3) is 0 Å². The van der Waals surface area contributed by atoms with Crippen molar-refractivity contribution in [1.82, 2.24) is 5.43 Å². The molecule has 0 aromatic heterocycles. The second-order valence-electron chi connectivity index (χ2n) is 7.39. The Morgan fingerprint density at radius 1 is 1.09 bits per heavy atom. The number of hydrogen-bond donors (Lipinski definition) is 1. The number of nitrogens with zero attached hydrogens (tertiary/aromatic N) is 2. The lowest BCUT2D eigenvalue weighted by molar-refractivity contribution is -0.119. The molecule has 33 heavy (non-hydrogen) atoms. The van der Waals surface area contributed by atoms with Crippen LogP contribution in [-0.4, -0.2) is 33.3 Å². The van der Waals surface area contributed by atoms with Gasteiger partial charge in [-0.15, -0.1) is 0 Å². The van der Waals surface area contributed by atoms with Crippen LogP contribution in [0.5, 0.6) is 5.75 Å². The van der Waals surface area contributed by atoms with Gasteiger partial charge in [0.15, 0.2) is 0 Å². The Balaban J connectivity index is 1.54. The van der Waals surface area contributed by atoms with Crippen LogP contribution in [0.1, 0.15) is 16.7 Å². The molecule has 3 rings (SSSR count). The van der Waals surface area contributed by atoms with Crippen LogP contribution in [0.3, 0.4) is 0 Å². The molecule has 0 fully saturated rings. The third-order valence-electron chi connectivity index (χ3n) is 4.59. The second kappa shape index (κ2) is 10.7. The molecule has 0 spiro atoms. The zero-order chi connectivity index (χ0) is 23.8. The largest absolute Gasteiger partial charge is 0.489 e. The van der Waals surface area contributed by atoms with E-state index >= 15 is 0 Å². The van der Waals surface area contributed by atoms with Crippen molar-refractivity contribution < 1.29 is 22.3 Å². The molecule has 9 heteroatoms. The molecule has 0 aliphatic rings. The van der Waals surface area contributed by atoms with E-state index in [0.717, 1.165) is 22.2 Å². The summed E-state index contributed by atoms with van der Waals surface area (Å²) in [6, 6.07) is 20.2. The number of anilines is 1. The molecule has 3 aromatic rings. The van der Waals surface area contributed by atoms with Crippen LogP contribution in [-0.2, 0) is 21.4 Å². The topological polar surface area (TPSA) is 88.1 Å².